The fourth-order valence-electron chi connectivity index (χ4n) is 2.38. The van der Waals surface area contributed by atoms with Crippen LogP contribution in [0.5, 0.6) is 0 Å². The van der Waals surface area contributed by atoms with E-state index in [1.807, 2.05) is 20.8 Å². The van der Waals surface area contributed by atoms with Crippen molar-refractivity contribution in [2.75, 3.05) is 19.7 Å². The van der Waals surface area contributed by atoms with E-state index in [0.717, 1.165) is 12.8 Å². The zero-order chi connectivity index (χ0) is 15.5. The average molecular weight is 311 g/mol. The summed E-state index contributed by atoms with van der Waals surface area (Å²) in [5, 5.41) is 4.23. The number of hydrogen-bond donors (Lipinski definition) is 0. The van der Waals surface area contributed by atoms with Crippen LogP contribution in [0, 0.1) is 0 Å². The number of nitrogens with zero attached hydrogens (tertiary/aromatic N) is 1. The lowest BCUT2D eigenvalue weighted by atomic mass is 10.1. The number of carbonyl (C=O) groups excluding carboxylic acids is 1. The fourth-order valence-corrected chi connectivity index (χ4v) is 3.09. The smallest absolute Gasteiger partial charge is 0.410 e. The van der Waals surface area contributed by atoms with Crippen molar-refractivity contribution in [3.63, 3.8) is 0 Å². The molecule has 0 aromatic carbocycles. The van der Waals surface area contributed by atoms with Crippen LogP contribution < -0.4 is 0 Å². The Morgan fingerprint density at radius 2 is 2.24 bits per heavy atom. The number of ether oxygens (including phenoxy) is 2. The van der Waals surface area contributed by atoms with E-state index in [4.69, 9.17) is 9.47 Å². The molecule has 1 amide bonds. The highest BCUT2D eigenvalue weighted by Gasteiger charge is 2.38. The third kappa shape index (κ3) is 5.00. The number of carbonyl (C=O) groups is 1. The highest BCUT2D eigenvalue weighted by atomic mass is 32.1. The van der Waals surface area contributed by atoms with Gasteiger partial charge in [-0.1, -0.05) is 0 Å². The summed E-state index contributed by atoms with van der Waals surface area (Å²) in [6, 6.07) is 2.12. The Bertz CT molecular complexity index is 466. The van der Waals surface area contributed by atoms with Gasteiger partial charge in [-0.2, -0.15) is 11.3 Å². The highest BCUT2D eigenvalue weighted by molar-refractivity contribution is 7.07. The lowest BCUT2D eigenvalue weighted by Gasteiger charge is -2.27. The quantitative estimate of drug-likeness (QED) is 0.851. The molecule has 1 aromatic rings. The molecule has 1 unspecified atom stereocenters. The van der Waals surface area contributed by atoms with Crippen molar-refractivity contribution >= 4 is 17.4 Å². The van der Waals surface area contributed by atoms with Crippen LogP contribution in [0.2, 0.25) is 0 Å². The first-order valence-corrected chi connectivity index (χ1v) is 8.35. The molecule has 2 heterocycles. The molecular weight excluding hydrogens is 286 g/mol. The van der Waals surface area contributed by atoms with Crippen molar-refractivity contribution in [3.8, 4) is 0 Å². The van der Waals surface area contributed by atoms with E-state index in [0.29, 0.717) is 19.7 Å². The van der Waals surface area contributed by atoms with Crippen molar-refractivity contribution in [2.45, 2.75) is 51.7 Å². The molecule has 1 aromatic heterocycles. The summed E-state index contributed by atoms with van der Waals surface area (Å²) in [6.45, 7) is 9.72. The lowest BCUT2D eigenvalue weighted by molar-refractivity contribution is -0.0258. The number of amides is 1. The van der Waals surface area contributed by atoms with Crippen LogP contribution in [0.15, 0.2) is 16.8 Å². The topological polar surface area (TPSA) is 38.8 Å². The number of thiophene rings is 1. The van der Waals surface area contributed by atoms with Gasteiger partial charge in [-0.05, 0) is 62.9 Å². The minimum Gasteiger partial charge on any atom is -0.444 e. The minimum atomic E-state index is -0.449. The molecule has 4 nitrogen and oxygen atoms in total. The van der Waals surface area contributed by atoms with Crippen LogP contribution in [0.25, 0.3) is 0 Å². The maximum Gasteiger partial charge on any atom is 0.410 e. The normalized spacial score (nSPS) is 22.6. The van der Waals surface area contributed by atoms with Crippen LogP contribution in [0.4, 0.5) is 4.79 Å². The largest absolute Gasteiger partial charge is 0.444 e. The Balaban J connectivity index is 1.78. The maximum atomic E-state index is 12.1. The Labute approximate surface area is 131 Å². The Morgan fingerprint density at radius 3 is 2.86 bits per heavy atom. The zero-order valence-corrected chi connectivity index (χ0v) is 14.2. The second-order valence-corrected chi connectivity index (χ2v) is 7.61. The van der Waals surface area contributed by atoms with E-state index in [1.165, 1.54) is 5.56 Å². The molecule has 2 rings (SSSR count). The first-order chi connectivity index (χ1) is 9.77. The molecular formula is C16H25NO3S. The van der Waals surface area contributed by atoms with E-state index < -0.39 is 5.60 Å². The molecule has 21 heavy (non-hydrogen) atoms. The van der Waals surface area contributed by atoms with Gasteiger partial charge >= 0.3 is 6.09 Å². The van der Waals surface area contributed by atoms with Gasteiger partial charge in [-0.3, -0.25) is 0 Å². The molecule has 0 bridgehead atoms. The van der Waals surface area contributed by atoms with Crippen LogP contribution in [0.1, 0.15) is 39.7 Å². The molecule has 1 aliphatic rings. The van der Waals surface area contributed by atoms with Gasteiger partial charge in [-0.15, -0.1) is 0 Å². The fraction of sp³-hybridized carbons (Fsp3) is 0.688. The zero-order valence-electron chi connectivity index (χ0n) is 13.3. The number of likely N-dealkylation sites (tertiary alicyclic amines) is 1. The highest BCUT2D eigenvalue weighted by Crippen LogP contribution is 2.26. The third-order valence-corrected chi connectivity index (χ3v) is 4.24. The van der Waals surface area contributed by atoms with Crippen molar-refractivity contribution in [1.29, 1.82) is 0 Å². The van der Waals surface area contributed by atoms with Gasteiger partial charge in [0.1, 0.15) is 5.60 Å². The summed E-state index contributed by atoms with van der Waals surface area (Å²) in [5.41, 5.74) is 0.605. The van der Waals surface area contributed by atoms with Crippen molar-refractivity contribution < 1.29 is 14.3 Å². The van der Waals surface area contributed by atoms with Crippen molar-refractivity contribution in [1.82, 2.24) is 4.90 Å². The molecule has 0 N–H and O–H groups in total. The molecule has 0 aliphatic carbocycles. The predicted molar refractivity (Wildman–Crippen MR) is 84.8 cm³/mol. The standard InChI is InChI=1S/C16H25NO3S/c1-15(2,3)20-14(18)17-8-7-16(4,12-17)19-9-5-13-6-10-21-11-13/h6,10-11H,5,7-9,12H2,1-4H3. The predicted octanol–water partition coefficient (Wildman–Crippen LogP) is 3.71. The number of rotatable bonds is 4. The van der Waals surface area contributed by atoms with E-state index in [-0.39, 0.29) is 11.7 Å². The molecule has 0 radical (unpaired) electrons. The van der Waals surface area contributed by atoms with Gasteiger partial charge in [0.25, 0.3) is 0 Å². The minimum absolute atomic E-state index is 0.243. The molecule has 1 fully saturated rings. The van der Waals surface area contributed by atoms with Gasteiger partial charge in [0, 0.05) is 6.54 Å². The molecule has 1 saturated heterocycles. The van der Waals surface area contributed by atoms with Gasteiger partial charge < -0.3 is 14.4 Å². The second kappa shape index (κ2) is 6.36. The Morgan fingerprint density at radius 1 is 1.48 bits per heavy atom. The van der Waals surface area contributed by atoms with Crippen molar-refractivity contribution in [3.05, 3.63) is 22.4 Å². The van der Waals surface area contributed by atoms with Gasteiger partial charge in [0.05, 0.1) is 18.8 Å². The summed E-state index contributed by atoms with van der Waals surface area (Å²) in [4.78, 5) is 13.8. The van der Waals surface area contributed by atoms with Crippen LogP contribution >= 0.6 is 11.3 Å². The van der Waals surface area contributed by atoms with E-state index in [9.17, 15) is 4.79 Å². The maximum absolute atomic E-state index is 12.1. The molecule has 1 atom stereocenters. The van der Waals surface area contributed by atoms with Crippen molar-refractivity contribution in [2.24, 2.45) is 0 Å². The monoisotopic (exact) mass is 311 g/mol. The van der Waals surface area contributed by atoms with Crippen LogP contribution in [-0.4, -0.2) is 41.9 Å². The average Bonchev–Trinajstić information content (AvgIpc) is 2.97. The summed E-state index contributed by atoms with van der Waals surface area (Å²) in [5.74, 6) is 0. The Hall–Kier alpha value is -1.07. The van der Waals surface area contributed by atoms with E-state index in [2.05, 4.69) is 23.8 Å². The van der Waals surface area contributed by atoms with Gasteiger partial charge in [0.15, 0.2) is 0 Å². The summed E-state index contributed by atoms with van der Waals surface area (Å²) in [7, 11) is 0. The second-order valence-electron chi connectivity index (χ2n) is 6.83. The lowest BCUT2D eigenvalue weighted by Crippen LogP contribution is -2.39. The van der Waals surface area contributed by atoms with Crippen LogP contribution in [0.3, 0.4) is 0 Å². The third-order valence-electron chi connectivity index (χ3n) is 3.51. The molecule has 1 aliphatic heterocycles. The summed E-state index contributed by atoms with van der Waals surface area (Å²) < 4.78 is 11.4. The first-order valence-electron chi connectivity index (χ1n) is 7.40. The number of hydrogen-bond acceptors (Lipinski definition) is 4. The van der Waals surface area contributed by atoms with Gasteiger partial charge in [-0.25, -0.2) is 4.79 Å². The van der Waals surface area contributed by atoms with Gasteiger partial charge in [0.2, 0.25) is 0 Å². The molecule has 0 spiro atoms. The SMILES string of the molecule is CC(C)(C)OC(=O)N1CCC(C)(OCCc2ccsc2)C1. The molecule has 118 valence electrons. The van der Waals surface area contributed by atoms with E-state index >= 15 is 0 Å². The summed E-state index contributed by atoms with van der Waals surface area (Å²) >= 11 is 1.71. The van der Waals surface area contributed by atoms with Crippen LogP contribution in [-0.2, 0) is 15.9 Å². The molecule has 0 saturated carbocycles. The summed E-state index contributed by atoms with van der Waals surface area (Å²) in [6.07, 6.45) is 1.54. The van der Waals surface area contributed by atoms with E-state index in [1.54, 1.807) is 16.2 Å². The molecule has 5 heteroatoms. The first kappa shape index (κ1) is 16.3. The Kier molecular flexibility index (Phi) is 4.94.